The second-order valence-corrected chi connectivity index (χ2v) is 10.6. The number of nitrogens with zero attached hydrogens (tertiary/aromatic N) is 2. The Balaban J connectivity index is 0.00000112. The number of hydrogen-bond acceptors (Lipinski definition) is 5. The van der Waals surface area contributed by atoms with Crippen LogP contribution < -0.4 is 9.64 Å². The standard InChI is InChI=1S/C29H37N2O4.F6P/c1-8-12-30(13-9-2)23-16-22(21-32)25(27(17-23)33-5)20-26-28(34-6)18-24(19-29(26)35-7)31(14-10-3)15-11-4;1-7(2,3,4,5)6/h8-11,16-20,32H,1-4,12-15,21H2,5-7H3;/q+1;-1. The van der Waals surface area contributed by atoms with Crippen LogP contribution in [0, 0.1) is 0 Å². The van der Waals surface area contributed by atoms with Crippen molar-refractivity contribution >= 4 is 25.3 Å². The zero-order valence-electron chi connectivity index (χ0n) is 23.8. The third kappa shape index (κ3) is 12.4. The molecule has 234 valence electrons. The molecule has 42 heavy (non-hydrogen) atoms. The Kier molecular flexibility index (Phi) is 12.5. The van der Waals surface area contributed by atoms with Gasteiger partial charge >= 0.3 is 33.0 Å². The van der Waals surface area contributed by atoms with E-state index in [9.17, 15) is 30.3 Å². The minimum absolute atomic E-state index is 0.165. The van der Waals surface area contributed by atoms with Crippen molar-refractivity contribution in [3.63, 3.8) is 0 Å². The molecule has 0 spiro atoms. The van der Waals surface area contributed by atoms with Crippen LogP contribution in [-0.2, 0) is 16.1 Å². The van der Waals surface area contributed by atoms with E-state index in [1.54, 1.807) is 21.3 Å². The van der Waals surface area contributed by atoms with Gasteiger partial charge in [0.2, 0.25) is 5.71 Å². The Bertz CT molecular complexity index is 1220. The van der Waals surface area contributed by atoms with Gasteiger partial charge in [0.1, 0.15) is 17.3 Å². The molecule has 1 aromatic rings. The fourth-order valence-electron chi connectivity index (χ4n) is 3.90. The van der Waals surface area contributed by atoms with Gasteiger partial charge in [0.25, 0.3) is 0 Å². The summed E-state index contributed by atoms with van der Waals surface area (Å²) in [6, 6.07) is 3.89. The van der Waals surface area contributed by atoms with Gasteiger partial charge in [0.05, 0.1) is 45.7 Å². The van der Waals surface area contributed by atoms with Crippen LogP contribution in [0.25, 0.3) is 6.08 Å². The van der Waals surface area contributed by atoms with E-state index in [4.69, 9.17) is 14.2 Å². The molecule has 0 bridgehead atoms. The number of ether oxygens (including phenoxy) is 3. The van der Waals surface area contributed by atoms with Crippen LogP contribution >= 0.6 is 7.81 Å². The Morgan fingerprint density at radius 3 is 1.64 bits per heavy atom. The predicted octanol–water partition coefficient (Wildman–Crippen LogP) is 8.03. The summed E-state index contributed by atoms with van der Waals surface area (Å²) in [5.41, 5.74) is 4.03. The topological polar surface area (TPSA) is 54.2 Å². The van der Waals surface area contributed by atoms with Gasteiger partial charge < -0.3 is 24.2 Å². The maximum atomic E-state index is 10.2. The number of benzene rings is 1. The second-order valence-electron chi connectivity index (χ2n) is 8.71. The number of rotatable bonds is 14. The first kappa shape index (κ1) is 36.3. The summed E-state index contributed by atoms with van der Waals surface area (Å²) in [7, 11) is -5.80. The molecule has 2 rings (SSSR count). The van der Waals surface area contributed by atoms with Gasteiger partial charge in [-0.1, -0.05) is 25.3 Å². The van der Waals surface area contributed by atoms with E-state index in [0.29, 0.717) is 49.0 Å². The summed E-state index contributed by atoms with van der Waals surface area (Å²) >= 11 is 0. The molecular formula is C29H37F6N2O4P. The summed E-state index contributed by atoms with van der Waals surface area (Å²) in [5, 5.41) is 10.2. The van der Waals surface area contributed by atoms with E-state index >= 15 is 0 Å². The first-order chi connectivity index (χ1) is 19.5. The fraction of sp³-hybridized carbons (Fsp3) is 0.276. The molecule has 1 aromatic carbocycles. The van der Waals surface area contributed by atoms with Gasteiger partial charge in [0, 0.05) is 30.4 Å². The molecule has 1 N–H and O–H groups in total. The van der Waals surface area contributed by atoms with Crippen molar-refractivity contribution in [3.8, 4) is 5.75 Å². The normalized spacial score (nSPS) is 14.4. The van der Waals surface area contributed by atoms with E-state index < -0.39 is 7.81 Å². The molecular weight excluding hydrogens is 585 g/mol. The third-order valence-electron chi connectivity index (χ3n) is 5.55. The number of aliphatic hydroxyl groups is 1. The predicted molar refractivity (Wildman–Crippen MR) is 159 cm³/mol. The van der Waals surface area contributed by atoms with Crippen molar-refractivity contribution in [3.05, 3.63) is 103 Å². The zero-order chi connectivity index (χ0) is 32.2. The van der Waals surface area contributed by atoms with Gasteiger partial charge in [-0.15, -0.1) is 13.2 Å². The Labute approximate surface area is 242 Å². The summed E-state index contributed by atoms with van der Waals surface area (Å²) in [5.74, 6) is 1.89. The molecule has 1 aliphatic rings. The number of hydrogen-bond donors (Lipinski definition) is 1. The molecule has 0 amide bonds. The number of methoxy groups -OCH3 is 3. The number of halogens is 6. The van der Waals surface area contributed by atoms with Crippen molar-refractivity contribution in [1.82, 2.24) is 0 Å². The number of anilines is 1. The summed E-state index contributed by atoms with van der Waals surface area (Å²) in [4.78, 5) is 2.09. The van der Waals surface area contributed by atoms with Crippen LogP contribution in [0.2, 0.25) is 0 Å². The van der Waals surface area contributed by atoms with E-state index in [1.165, 1.54) is 0 Å². The van der Waals surface area contributed by atoms with Crippen LogP contribution in [0.4, 0.5) is 30.9 Å². The minimum atomic E-state index is -10.7. The van der Waals surface area contributed by atoms with Gasteiger partial charge in [-0.25, -0.2) is 4.58 Å². The first-order valence-electron chi connectivity index (χ1n) is 12.4. The van der Waals surface area contributed by atoms with Crippen LogP contribution in [0.5, 0.6) is 5.75 Å². The average molecular weight is 623 g/mol. The molecule has 1 aliphatic carbocycles. The van der Waals surface area contributed by atoms with E-state index in [1.807, 2.05) is 54.7 Å². The molecule has 6 nitrogen and oxygen atoms in total. The zero-order valence-corrected chi connectivity index (χ0v) is 24.7. The quantitative estimate of drug-likeness (QED) is 0.0986. The van der Waals surface area contributed by atoms with Crippen LogP contribution in [0.3, 0.4) is 0 Å². The van der Waals surface area contributed by atoms with Crippen molar-refractivity contribution in [2.45, 2.75) is 6.61 Å². The third-order valence-corrected chi connectivity index (χ3v) is 5.55. The van der Waals surface area contributed by atoms with Gasteiger partial charge in [0.15, 0.2) is 13.1 Å². The van der Waals surface area contributed by atoms with Crippen molar-refractivity contribution in [2.24, 2.45) is 0 Å². The van der Waals surface area contributed by atoms with Crippen molar-refractivity contribution < 1.29 is 49.1 Å². The summed E-state index contributed by atoms with van der Waals surface area (Å²) < 4.78 is 78.6. The SMILES string of the molecule is C=CCN(CC=C)c1cc(CO)c(C=C2C(OC)=CC(=[N+](CC=C)CC=C)C=C2OC)c(OC)c1.F[P-](F)(F)(F)(F)F. The van der Waals surface area contributed by atoms with E-state index in [-0.39, 0.29) is 6.61 Å². The Morgan fingerprint density at radius 2 is 1.29 bits per heavy atom. The van der Waals surface area contributed by atoms with Gasteiger partial charge in [-0.2, -0.15) is 0 Å². The summed E-state index contributed by atoms with van der Waals surface area (Å²) in [6.07, 6.45) is 13.2. The maximum absolute atomic E-state index is 10.7. The molecule has 0 unspecified atom stereocenters. The van der Waals surface area contributed by atoms with E-state index in [0.717, 1.165) is 22.5 Å². The molecule has 0 aliphatic heterocycles. The monoisotopic (exact) mass is 622 g/mol. The van der Waals surface area contributed by atoms with Gasteiger partial charge in [-0.3, -0.25) is 0 Å². The second kappa shape index (κ2) is 14.4. The molecule has 13 heteroatoms. The van der Waals surface area contributed by atoms with Crippen LogP contribution in [0.1, 0.15) is 11.1 Å². The summed E-state index contributed by atoms with van der Waals surface area (Å²) in [6.45, 7) is 17.8. The molecule has 0 saturated heterocycles. The van der Waals surface area contributed by atoms with Crippen molar-refractivity contribution in [1.29, 1.82) is 0 Å². The first-order valence-corrected chi connectivity index (χ1v) is 14.4. The molecule has 0 radical (unpaired) electrons. The van der Waals surface area contributed by atoms with Crippen molar-refractivity contribution in [2.75, 3.05) is 52.4 Å². The Hall–Kier alpha value is -3.76. The molecule has 0 saturated carbocycles. The molecule has 0 aromatic heterocycles. The molecule has 0 fully saturated rings. The number of allylic oxidation sites excluding steroid dienone is 2. The van der Waals surface area contributed by atoms with Crippen LogP contribution in [0.15, 0.2) is 92.0 Å². The van der Waals surface area contributed by atoms with E-state index in [2.05, 4.69) is 35.8 Å². The molecule has 0 atom stereocenters. The molecule has 0 heterocycles. The van der Waals surface area contributed by atoms with Crippen LogP contribution in [-0.4, -0.2) is 62.9 Å². The fourth-order valence-corrected chi connectivity index (χ4v) is 3.90. The number of aliphatic hydroxyl groups excluding tert-OH is 1. The van der Waals surface area contributed by atoms with Gasteiger partial charge in [-0.05, 0) is 29.9 Å². The average Bonchev–Trinajstić information content (AvgIpc) is 2.91. The Morgan fingerprint density at radius 1 is 0.810 bits per heavy atom.